The van der Waals surface area contributed by atoms with Crippen molar-refractivity contribution < 1.29 is 0 Å². The topological polar surface area (TPSA) is 74.6 Å². The average Bonchev–Trinajstić information content (AvgIpc) is 2.89. The van der Waals surface area contributed by atoms with E-state index in [1.807, 2.05) is 17.8 Å². The second-order valence-electron chi connectivity index (χ2n) is 4.09. The van der Waals surface area contributed by atoms with Crippen molar-refractivity contribution in [1.82, 2.24) is 24.5 Å². The third-order valence-corrected chi connectivity index (χ3v) is 2.77. The summed E-state index contributed by atoms with van der Waals surface area (Å²) >= 11 is 0. The number of rotatable bonds is 5. The highest BCUT2D eigenvalue weighted by atomic mass is 15.3. The number of hydrogen-bond donors (Lipinski definition) is 1. The Kier molecular flexibility index (Phi) is 3.53. The Bertz CT molecular complexity index is 472. The fourth-order valence-electron chi connectivity index (χ4n) is 1.89. The zero-order chi connectivity index (χ0) is 12.3. The van der Waals surface area contributed by atoms with Gasteiger partial charge in [-0.15, -0.1) is 0 Å². The Morgan fingerprint density at radius 2 is 2.24 bits per heavy atom. The SMILES string of the molecule is CCCn1ncnc1CC(N)c1ccnn1C. The molecule has 1 atom stereocenters. The van der Waals surface area contributed by atoms with Crippen molar-refractivity contribution in [3.8, 4) is 0 Å². The van der Waals surface area contributed by atoms with Crippen LogP contribution in [0.5, 0.6) is 0 Å². The Balaban J connectivity index is 2.10. The van der Waals surface area contributed by atoms with Gasteiger partial charge in [-0.1, -0.05) is 6.92 Å². The number of hydrogen-bond acceptors (Lipinski definition) is 4. The molecule has 17 heavy (non-hydrogen) atoms. The molecule has 0 fully saturated rings. The summed E-state index contributed by atoms with van der Waals surface area (Å²) in [6.45, 7) is 3.00. The minimum absolute atomic E-state index is 0.0951. The van der Waals surface area contributed by atoms with E-state index in [0.717, 1.165) is 24.5 Å². The highest BCUT2D eigenvalue weighted by Gasteiger charge is 2.14. The smallest absolute Gasteiger partial charge is 0.138 e. The first kappa shape index (κ1) is 11.8. The van der Waals surface area contributed by atoms with Gasteiger partial charge in [0.05, 0.1) is 11.7 Å². The maximum atomic E-state index is 6.15. The first-order valence-corrected chi connectivity index (χ1v) is 5.82. The van der Waals surface area contributed by atoms with Gasteiger partial charge in [0.1, 0.15) is 12.2 Å². The molecule has 2 aromatic heterocycles. The van der Waals surface area contributed by atoms with Crippen LogP contribution in [0.15, 0.2) is 18.6 Å². The lowest BCUT2D eigenvalue weighted by Gasteiger charge is -2.12. The van der Waals surface area contributed by atoms with Crippen LogP contribution in [0.4, 0.5) is 0 Å². The normalized spacial score (nSPS) is 12.9. The second kappa shape index (κ2) is 5.09. The second-order valence-corrected chi connectivity index (χ2v) is 4.09. The van der Waals surface area contributed by atoms with Crippen LogP contribution in [0.3, 0.4) is 0 Å². The third kappa shape index (κ3) is 2.52. The summed E-state index contributed by atoms with van der Waals surface area (Å²) in [5, 5.41) is 8.31. The maximum absolute atomic E-state index is 6.15. The van der Waals surface area contributed by atoms with Gasteiger partial charge in [0.2, 0.25) is 0 Å². The molecule has 6 heteroatoms. The summed E-state index contributed by atoms with van der Waals surface area (Å²) in [7, 11) is 1.89. The summed E-state index contributed by atoms with van der Waals surface area (Å²) < 4.78 is 3.71. The van der Waals surface area contributed by atoms with Gasteiger partial charge in [-0.3, -0.25) is 9.36 Å². The van der Waals surface area contributed by atoms with Crippen LogP contribution in [0.2, 0.25) is 0 Å². The van der Waals surface area contributed by atoms with Gasteiger partial charge in [0.15, 0.2) is 0 Å². The predicted molar refractivity (Wildman–Crippen MR) is 64.2 cm³/mol. The van der Waals surface area contributed by atoms with Crippen molar-refractivity contribution in [3.63, 3.8) is 0 Å². The highest BCUT2D eigenvalue weighted by Crippen LogP contribution is 2.13. The van der Waals surface area contributed by atoms with Crippen molar-refractivity contribution in [2.45, 2.75) is 32.4 Å². The van der Waals surface area contributed by atoms with E-state index in [1.165, 1.54) is 0 Å². The minimum Gasteiger partial charge on any atom is -0.322 e. The minimum atomic E-state index is -0.0951. The molecule has 0 aliphatic heterocycles. The van der Waals surface area contributed by atoms with Gasteiger partial charge in [-0.05, 0) is 12.5 Å². The predicted octanol–water partition coefficient (Wildman–Crippen LogP) is 0.664. The van der Waals surface area contributed by atoms with E-state index in [0.29, 0.717) is 6.42 Å². The van der Waals surface area contributed by atoms with Crippen molar-refractivity contribution in [2.24, 2.45) is 12.8 Å². The van der Waals surface area contributed by atoms with Crippen LogP contribution in [-0.4, -0.2) is 24.5 Å². The van der Waals surface area contributed by atoms with Crippen molar-refractivity contribution in [3.05, 3.63) is 30.1 Å². The molecule has 0 amide bonds. The van der Waals surface area contributed by atoms with Crippen LogP contribution < -0.4 is 5.73 Å². The molecular formula is C11H18N6. The lowest BCUT2D eigenvalue weighted by atomic mass is 10.1. The van der Waals surface area contributed by atoms with Gasteiger partial charge in [0.25, 0.3) is 0 Å². The highest BCUT2D eigenvalue weighted by molar-refractivity contribution is 5.08. The molecule has 0 radical (unpaired) electrons. The van der Waals surface area contributed by atoms with Gasteiger partial charge in [-0.2, -0.15) is 10.2 Å². The molecule has 2 N–H and O–H groups in total. The first-order valence-electron chi connectivity index (χ1n) is 5.82. The van der Waals surface area contributed by atoms with E-state index < -0.39 is 0 Å². The summed E-state index contributed by atoms with van der Waals surface area (Å²) in [6, 6.07) is 1.84. The number of nitrogens with zero attached hydrogens (tertiary/aromatic N) is 5. The Morgan fingerprint density at radius 1 is 1.41 bits per heavy atom. The molecule has 92 valence electrons. The molecule has 0 bridgehead atoms. The molecule has 6 nitrogen and oxygen atoms in total. The number of aromatic nitrogens is 5. The lowest BCUT2D eigenvalue weighted by molar-refractivity contribution is 0.534. The zero-order valence-electron chi connectivity index (χ0n) is 10.2. The molecule has 0 saturated carbocycles. The molecule has 0 aromatic carbocycles. The third-order valence-electron chi connectivity index (χ3n) is 2.77. The first-order chi connectivity index (χ1) is 8.22. The van der Waals surface area contributed by atoms with Crippen molar-refractivity contribution in [2.75, 3.05) is 0 Å². The van der Waals surface area contributed by atoms with Gasteiger partial charge in [0, 0.05) is 26.2 Å². The van der Waals surface area contributed by atoms with E-state index in [4.69, 9.17) is 5.73 Å². The van der Waals surface area contributed by atoms with Gasteiger partial charge in [-0.25, -0.2) is 4.98 Å². The molecular weight excluding hydrogens is 216 g/mol. The summed E-state index contributed by atoms with van der Waals surface area (Å²) in [5.74, 6) is 0.931. The van der Waals surface area contributed by atoms with E-state index in [2.05, 4.69) is 22.1 Å². The average molecular weight is 234 g/mol. The molecule has 0 saturated heterocycles. The van der Waals surface area contributed by atoms with Crippen LogP contribution in [0, 0.1) is 0 Å². The van der Waals surface area contributed by atoms with E-state index in [9.17, 15) is 0 Å². The Morgan fingerprint density at radius 3 is 2.88 bits per heavy atom. The van der Waals surface area contributed by atoms with Crippen LogP contribution in [-0.2, 0) is 20.0 Å². The zero-order valence-corrected chi connectivity index (χ0v) is 10.2. The van der Waals surface area contributed by atoms with Crippen molar-refractivity contribution >= 4 is 0 Å². The van der Waals surface area contributed by atoms with E-state index in [-0.39, 0.29) is 6.04 Å². The molecule has 2 rings (SSSR count). The van der Waals surface area contributed by atoms with Crippen molar-refractivity contribution in [1.29, 1.82) is 0 Å². The standard InChI is InChI=1S/C11H18N6/c1-3-6-17-11(13-8-15-17)7-9(12)10-4-5-14-16(10)2/h4-5,8-9H,3,6-7,12H2,1-2H3. The fourth-order valence-corrected chi connectivity index (χ4v) is 1.89. The summed E-state index contributed by atoms with van der Waals surface area (Å²) in [5.41, 5.74) is 7.16. The molecule has 1 unspecified atom stereocenters. The monoisotopic (exact) mass is 234 g/mol. The molecule has 2 aromatic rings. The van der Waals surface area contributed by atoms with Gasteiger partial charge < -0.3 is 5.73 Å². The maximum Gasteiger partial charge on any atom is 0.138 e. The lowest BCUT2D eigenvalue weighted by Crippen LogP contribution is -2.19. The van der Waals surface area contributed by atoms with Crippen LogP contribution >= 0.6 is 0 Å². The van der Waals surface area contributed by atoms with Gasteiger partial charge >= 0.3 is 0 Å². The molecule has 0 aliphatic carbocycles. The number of aryl methyl sites for hydroxylation is 2. The molecule has 0 aliphatic rings. The fraction of sp³-hybridized carbons (Fsp3) is 0.545. The number of nitrogens with two attached hydrogens (primary N) is 1. The summed E-state index contributed by atoms with van der Waals surface area (Å²) in [4.78, 5) is 4.26. The Labute approximate surface area is 100 Å². The Hall–Kier alpha value is -1.69. The van der Waals surface area contributed by atoms with E-state index >= 15 is 0 Å². The summed E-state index contributed by atoms with van der Waals surface area (Å²) in [6.07, 6.45) is 5.06. The largest absolute Gasteiger partial charge is 0.322 e. The molecule has 0 spiro atoms. The van der Waals surface area contributed by atoms with Crippen LogP contribution in [0.1, 0.15) is 30.9 Å². The van der Waals surface area contributed by atoms with Crippen LogP contribution in [0.25, 0.3) is 0 Å². The van der Waals surface area contributed by atoms with E-state index in [1.54, 1.807) is 17.2 Å². The molecule has 2 heterocycles. The quantitative estimate of drug-likeness (QED) is 0.825.